The van der Waals surface area contributed by atoms with Crippen LogP contribution in [0.5, 0.6) is 0 Å². The van der Waals surface area contributed by atoms with Crippen LogP contribution >= 0.6 is 11.6 Å². The molecule has 2 rings (SSSR count). The fraction of sp³-hybridized carbons (Fsp3) is 0.143. The van der Waals surface area contributed by atoms with Gasteiger partial charge in [0.2, 0.25) is 0 Å². The molecule has 0 aliphatic heterocycles. The van der Waals surface area contributed by atoms with E-state index in [9.17, 15) is 0 Å². The van der Waals surface area contributed by atoms with E-state index in [0.717, 1.165) is 12.4 Å². The van der Waals surface area contributed by atoms with Crippen LogP contribution < -0.4 is 10.6 Å². The smallest absolute Gasteiger partial charge is 0.132 e. The van der Waals surface area contributed by atoms with Crippen molar-refractivity contribution in [1.82, 2.24) is 4.98 Å². The lowest BCUT2D eigenvalue weighted by Crippen LogP contribution is -2.01. The number of aromatic nitrogens is 1. The van der Waals surface area contributed by atoms with Crippen LogP contribution in [-0.2, 0) is 0 Å². The van der Waals surface area contributed by atoms with Gasteiger partial charge in [-0.05, 0) is 37.3 Å². The van der Waals surface area contributed by atoms with E-state index in [0.29, 0.717) is 22.1 Å². The van der Waals surface area contributed by atoms with Crippen LogP contribution in [0.3, 0.4) is 0 Å². The minimum Gasteiger partial charge on any atom is -0.370 e. The van der Waals surface area contributed by atoms with Gasteiger partial charge in [0.05, 0.1) is 22.3 Å². The third-order valence-electron chi connectivity index (χ3n) is 2.47. The normalized spacial score (nSPS) is 9.74. The summed E-state index contributed by atoms with van der Waals surface area (Å²) in [6, 6.07) is 12.8. The zero-order valence-electron chi connectivity index (χ0n) is 10.4. The molecule has 2 N–H and O–H groups in total. The molecule has 0 bridgehead atoms. The van der Waals surface area contributed by atoms with Crippen molar-refractivity contribution in [3.63, 3.8) is 0 Å². The largest absolute Gasteiger partial charge is 0.370 e. The molecule has 0 unspecified atom stereocenters. The van der Waals surface area contributed by atoms with Gasteiger partial charge in [-0.3, -0.25) is 0 Å². The molecule has 0 aliphatic rings. The predicted molar refractivity (Wildman–Crippen MR) is 77.9 cm³/mol. The van der Waals surface area contributed by atoms with Crippen LogP contribution in [0, 0.1) is 11.3 Å². The van der Waals surface area contributed by atoms with Crippen molar-refractivity contribution in [3.8, 4) is 6.07 Å². The van der Waals surface area contributed by atoms with Crippen LogP contribution in [0.15, 0.2) is 36.4 Å². The van der Waals surface area contributed by atoms with Gasteiger partial charge in [-0.15, -0.1) is 0 Å². The Labute approximate surface area is 117 Å². The molecule has 4 nitrogen and oxygen atoms in total. The molecular weight excluding hydrogens is 260 g/mol. The fourth-order valence-corrected chi connectivity index (χ4v) is 1.78. The fourth-order valence-electron chi connectivity index (χ4n) is 1.61. The summed E-state index contributed by atoms with van der Waals surface area (Å²) in [6.07, 6.45) is 0. The van der Waals surface area contributed by atoms with E-state index in [2.05, 4.69) is 21.7 Å². The van der Waals surface area contributed by atoms with E-state index < -0.39 is 0 Å². The van der Waals surface area contributed by atoms with Gasteiger partial charge < -0.3 is 10.6 Å². The Morgan fingerprint density at radius 3 is 2.79 bits per heavy atom. The van der Waals surface area contributed by atoms with Crippen LogP contribution in [0.25, 0.3) is 0 Å². The third-order valence-corrected chi connectivity index (χ3v) is 2.79. The number of nitriles is 1. The first kappa shape index (κ1) is 13.2. The second-order valence-electron chi connectivity index (χ2n) is 3.87. The highest BCUT2D eigenvalue weighted by Gasteiger charge is 2.04. The standard InChI is InChI=1S/C14H13ClN4/c1-2-17-13-4-3-5-14(19-13)18-12-8-10(9-16)6-7-11(12)15/h3-8H,2H2,1H3,(H2,17,18,19). The molecule has 0 fully saturated rings. The molecule has 0 atom stereocenters. The summed E-state index contributed by atoms with van der Waals surface area (Å²) in [4.78, 5) is 4.39. The van der Waals surface area contributed by atoms with Gasteiger partial charge in [0.15, 0.2) is 0 Å². The highest BCUT2D eigenvalue weighted by Crippen LogP contribution is 2.26. The number of pyridine rings is 1. The first-order valence-electron chi connectivity index (χ1n) is 5.90. The maximum absolute atomic E-state index is 8.89. The van der Waals surface area contributed by atoms with Gasteiger partial charge in [-0.25, -0.2) is 4.98 Å². The number of hydrogen-bond acceptors (Lipinski definition) is 4. The lowest BCUT2D eigenvalue weighted by atomic mass is 10.2. The van der Waals surface area contributed by atoms with Crippen LogP contribution in [0.1, 0.15) is 12.5 Å². The van der Waals surface area contributed by atoms with Crippen molar-refractivity contribution in [2.75, 3.05) is 17.2 Å². The molecule has 5 heteroatoms. The quantitative estimate of drug-likeness (QED) is 0.889. The van der Waals surface area contributed by atoms with E-state index in [4.69, 9.17) is 16.9 Å². The first-order valence-corrected chi connectivity index (χ1v) is 6.28. The molecule has 1 aromatic heterocycles. The average Bonchev–Trinajstić information content (AvgIpc) is 2.42. The monoisotopic (exact) mass is 272 g/mol. The summed E-state index contributed by atoms with van der Waals surface area (Å²) < 4.78 is 0. The molecule has 0 saturated carbocycles. The van der Waals surface area contributed by atoms with Gasteiger partial charge in [0, 0.05) is 6.54 Å². The molecule has 0 radical (unpaired) electrons. The minimum absolute atomic E-state index is 0.551. The minimum atomic E-state index is 0.551. The number of rotatable bonds is 4. The Morgan fingerprint density at radius 2 is 2.05 bits per heavy atom. The summed E-state index contributed by atoms with van der Waals surface area (Å²) >= 11 is 6.09. The number of nitrogens with zero attached hydrogens (tertiary/aromatic N) is 2. The zero-order chi connectivity index (χ0) is 13.7. The van der Waals surface area contributed by atoms with Crippen molar-refractivity contribution in [2.24, 2.45) is 0 Å². The van der Waals surface area contributed by atoms with Gasteiger partial charge in [-0.1, -0.05) is 17.7 Å². The van der Waals surface area contributed by atoms with Crippen molar-refractivity contribution in [1.29, 1.82) is 5.26 Å². The molecule has 0 amide bonds. The van der Waals surface area contributed by atoms with Crippen LogP contribution in [0.4, 0.5) is 17.3 Å². The molecule has 0 saturated heterocycles. The van der Waals surface area contributed by atoms with E-state index in [1.54, 1.807) is 18.2 Å². The number of nitrogens with one attached hydrogen (secondary N) is 2. The number of benzene rings is 1. The summed E-state index contributed by atoms with van der Waals surface area (Å²) in [5.41, 5.74) is 1.22. The number of halogens is 1. The predicted octanol–water partition coefficient (Wildman–Crippen LogP) is 3.78. The summed E-state index contributed by atoms with van der Waals surface area (Å²) in [5.74, 6) is 1.47. The molecule has 1 heterocycles. The molecule has 96 valence electrons. The maximum Gasteiger partial charge on any atom is 0.132 e. The van der Waals surface area contributed by atoms with Crippen LogP contribution in [0.2, 0.25) is 5.02 Å². The van der Waals surface area contributed by atoms with E-state index in [-0.39, 0.29) is 0 Å². The Balaban J connectivity index is 2.26. The molecule has 19 heavy (non-hydrogen) atoms. The highest BCUT2D eigenvalue weighted by molar-refractivity contribution is 6.33. The SMILES string of the molecule is CCNc1cccc(Nc2cc(C#N)ccc2Cl)n1. The lowest BCUT2D eigenvalue weighted by Gasteiger charge is -2.09. The Morgan fingerprint density at radius 1 is 1.26 bits per heavy atom. The van der Waals surface area contributed by atoms with Crippen molar-refractivity contribution in [3.05, 3.63) is 47.0 Å². The topological polar surface area (TPSA) is 60.7 Å². The Kier molecular flexibility index (Phi) is 4.22. The van der Waals surface area contributed by atoms with E-state index >= 15 is 0 Å². The Bertz CT molecular complexity index is 619. The van der Waals surface area contributed by atoms with E-state index in [1.165, 1.54) is 0 Å². The van der Waals surface area contributed by atoms with Crippen LogP contribution in [-0.4, -0.2) is 11.5 Å². The summed E-state index contributed by atoms with van der Waals surface area (Å²) in [6.45, 7) is 2.82. The third kappa shape index (κ3) is 3.36. The number of anilines is 3. The van der Waals surface area contributed by atoms with Gasteiger partial charge in [-0.2, -0.15) is 5.26 Å². The van der Waals surface area contributed by atoms with Crippen molar-refractivity contribution in [2.45, 2.75) is 6.92 Å². The maximum atomic E-state index is 8.89. The molecule has 2 aromatic rings. The molecule has 1 aromatic carbocycles. The summed E-state index contributed by atoms with van der Waals surface area (Å²) in [7, 11) is 0. The Hall–Kier alpha value is -2.25. The zero-order valence-corrected chi connectivity index (χ0v) is 11.2. The molecule has 0 spiro atoms. The molecule has 0 aliphatic carbocycles. The highest BCUT2D eigenvalue weighted by atomic mass is 35.5. The average molecular weight is 273 g/mol. The molecular formula is C14H13ClN4. The van der Waals surface area contributed by atoms with E-state index in [1.807, 2.05) is 25.1 Å². The first-order chi connectivity index (χ1) is 9.22. The number of hydrogen-bond donors (Lipinski definition) is 2. The van der Waals surface area contributed by atoms with Gasteiger partial charge in [0.1, 0.15) is 11.6 Å². The second kappa shape index (κ2) is 6.07. The van der Waals surface area contributed by atoms with Crippen molar-refractivity contribution >= 4 is 28.9 Å². The van der Waals surface area contributed by atoms with Gasteiger partial charge in [0.25, 0.3) is 0 Å². The lowest BCUT2D eigenvalue weighted by molar-refractivity contribution is 1.16. The summed E-state index contributed by atoms with van der Waals surface area (Å²) in [5, 5.41) is 15.7. The van der Waals surface area contributed by atoms with Gasteiger partial charge >= 0.3 is 0 Å². The second-order valence-corrected chi connectivity index (χ2v) is 4.28. The van der Waals surface area contributed by atoms with Crippen molar-refractivity contribution < 1.29 is 0 Å².